The first-order valence-corrected chi connectivity index (χ1v) is 6.80. The van der Waals surface area contributed by atoms with Crippen LogP contribution in [0, 0.1) is 6.92 Å². The fourth-order valence-corrected chi connectivity index (χ4v) is 2.82. The number of hydrogen-bond donors (Lipinski definition) is 1. The van der Waals surface area contributed by atoms with E-state index in [9.17, 15) is 0 Å². The van der Waals surface area contributed by atoms with E-state index in [-0.39, 0.29) is 0 Å². The first kappa shape index (κ1) is 12.8. The minimum absolute atomic E-state index is 0.556. The molecule has 0 saturated heterocycles. The standard InChI is InChI=1S/C18H18N2/c1-13-7-3-4-10-15(13)18(2,19)16-11-5-8-14-9-6-12-20-17(14)16/h3-12H,19H2,1-2H3. The van der Waals surface area contributed by atoms with Gasteiger partial charge in [0.05, 0.1) is 11.1 Å². The van der Waals surface area contributed by atoms with Crippen molar-refractivity contribution < 1.29 is 0 Å². The average Bonchev–Trinajstić information content (AvgIpc) is 2.47. The van der Waals surface area contributed by atoms with Crippen LogP contribution in [0.2, 0.25) is 0 Å². The number of aryl methyl sites for hydroxylation is 1. The van der Waals surface area contributed by atoms with Crippen LogP contribution in [0.15, 0.2) is 60.8 Å². The highest BCUT2D eigenvalue weighted by Gasteiger charge is 2.27. The Bertz CT molecular complexity index is 755. The number of para-hydroxylation sites is 1. The minimum Gasteiger partial charge on any atom is -0.318 e. The zero-order chi connectivity index (χ0) is 14.2. The molecule has 100 valence electrons. The summed E-state index contributed by atoms with van der Waals surface area (Å²) >= 11 is 0. The molecular formula is C18H18N2. The second-order valence-corrected chi connectivity index (χ2v) is 5.40. The molecule has 3 rings (SSSR count). The first-order valence-electron chi connectivity index (χ1n) is 6.80. The summed E-state index contributed by atoms with van der Waals surface area (Å²) in [5.41, 5.74) is 10.5. The van der Waals surface area contributed by atoms with Crippen molar-refractivity contribution in [1.82, 2.24) is 4.98 Å². The maximum atomic E-state index is 6.69. The van der Waals surface area contributed by atoms with Gasteiger partial charge in [0.25, 0.3) is 0 Å². The van der Waals surface area contributed by atoms with Crippen LogP contribution in [0.3, 0.4) is 0 Å². The zero-order valence-corrected chi connectivity index (χ0v) is 11.8. The molecule has 3 aromatic rings. The average molecular weight is 262 g/mol. The largest absolute Gasteiger partial charge is 0.318 e. The van der Waals surface area contributed by atoms with Crippen molar-refractivity contribution in [3.8, 4) is 0 Å². The predicted octanol–water partition coefficient (Wildman–Crippen LogP) is 3.77. The van der Waals surface area contributed by atoms with Gasteiger partial charge >= 0.3 is 0 Å². The van der Waals surface area contributed by atoms with E-state index in [4.69, 9.17) is 5.73 Å². The van der Waals surface area contributed by atoms with Crippen molar-refractivity contribution in [1.29, 1.82) is 0 Å². The van der Waals surface area contributed by atoms with Crippen LogP contribution < -0.4 is 5.73 Å². The van der Waals surface area contributed by atoms with E-state index in [1.807, 2.05) is 30.5 Å². The summed E-state index contributed by atoms with van der Waals surface area (Å²) in [5, 5.41) is 1.12. The van der Waals surface area contributed by atoms with Gasteiger partial charge in [0.2, 0.25) is 0 Å². The molecule has 1 unspecified atom stereocenters. The highest BCUT2D eigenvalue weighted by molar-refractivity contribution is 5.83. The minimum atomic E-state index is -0.556. The van der Waals surface area contributed by atoms with Crippen LogP contribution in [0.1, 0.15) is 23.6 Å². The predicted molar refractivity (Wildman–Crippen MR) is 83.6 cm³/mol. The van der Waals surface area contributed by atoms with Crippen LogP contribution in [0.25, 0.3) is 10.9 Å². The summed E-state index contributed by atoms with van der Waals surface area (Å²) < 4.78 is 0. The molecule has 2 heteroatoms. The highest BCUT2D eigenvalue weighted by Crippen LogP contribution is 2.32. The lowest BCUT2D eigenvalue weighted by Gasteiger charge is -2.28. The maximum absolute atomic E-state index is 6.69. The van der Waals surface area contributed by atoms with Crippen molar-refractivity contribution in [2.24, 2.45) is 5.73 Å². The topological polar surface area (TPSA) is 38.9 Å². The van der Waals surface area contributed by atoms with Gasteiger partial charge < -0.3 is 5.73 Å². The van der Waals surface area contributed by atoms with Crippen LogP contribution in [0.4, 0.5) is 0 Å². The van der Waals surface area contributed by atoms with E-state index in [0.717, 1.165) is 22.0 Å². The third-order valence-electron chi connectivity index (χ3n) is 3.90. The zero-order valence-electron chi connectivity index (χ0n) is 11.8. The summed E-state index contributed by atoms with van der Waals surface area (Å²) in [6.07, 6.45) is 1.82. The molecule has 0 fully saturated rings. The van der Waals surface area contributed by atoms with E-state index < -0.39 is 5.54 Å². The van der Waals surface area contributed by atoms with Gasteiger partial charge in [-0.1, -0.05) is 48.5 Å². The molecule has 1 atom stereocenters. The Morgan fingerprint density at radius 1 is 0.900 bits per heavy atom. The van der Waals surface area contributed by atoms with Crippen molar-refractivity contribution in [3.05, 3.63) is 77.5 Å². The summed E-state index contributed by atoms with van der Waals surface area (Å²) in [6.45, 7) is 4.15. The van der Waals surface area contributed by atoms with Crippen LogP contribution in [-0.2, 0) is 5.54 Å². The van der Waals surface area contributed by atoms with Crippen LogP contribution in [-0.4, -0.2) is 4.98 Å². The quantitative estimate of drug-likeness (QED) is 0.763. The van der Waals surface area contributed by atoms with E-state index >= 15 is 0 Å². The molecule has 2 nitrogen and oxygen atoms in total. The molecule has 0 amide bonds. The van der Waals surface area contributed by atoms with Gasteiger partial charge in [-0.15, -0.1) is 0 Å². The lowest BCUT2D eigenvalue weighted by Crippen LogP contribution is -2.35. The van der Waals surface area contributed by atoms with Gasteiger partial charge in [-0.2, -0.15) is 0 Å². The Morgan fingerprint density at radius 2 is 1.60 bits per heavy atom. The summed E-state index contributed by atoms with van der Waals surface area (Å²) in [4.78, 5) is 4.52. The Labute approximate surface area is 119 Å². The second-order valence-electron chi connectivity index (χ2n) is 5.40. The fourth-order valence-electron chi connectivity index (χ4n) is 2.82. The van der Waals surface area contributed by atoms with Gasteiger partial charge in [-0.3, -0.25) is 4.98 Å². The molecule has 0 spiro atoms. The second kappa shape index (κ2) is 4.73. The molecule has 2 aromatic carbocycles. The van der Waals surface area contributed by atoms with E-state index in [1.165, 1.54) is 5.56 Å². The lowest BCUT2D eigenvalue weighted by molar-refractivity contribution is 0.603. The van der Waals surface area contributed by atoms with Crippen molar-refractivity contribution in [2.45, 2.75) is 19.4 Å². The number of fused-ring (bicyclic) bond motifs is 1. The SMILES string of the molecule is Cc1ccccc1C(C)(N)c1cccc2cccnc12. The van der Waals surface area contributed by atoms with Gasteiger partial charge in [0, 0.05) is 17.1 Å². The first-order chi connectivity index (χ1) is 9.60. The highest BCUT2D eigenvalue weighted by atomic mass is 14.8. The number of hydrogen-bond acceptors (Lipinski definition) is 2. The van der Waals surface area contributed by atoms with Gasteiger partial charge in [-0.25, -0.2) is 0 Å². The molecule has 0 aliphatic carbocycles. The molecule has 0 radical (unpaired) electrons. The Morgan fingerprint density at radius 3 is 2.40 bits per heavy atom. The fraction of sp³-hybridized carbons (Fsp3) is 0.167. The third kappa shape index (κ3) is 1.98. The van der Waals surface area contributed by atoms with E-state index in [1.54, 1.807) is 0 Å². The van der Waals surface area contributed by atoms with Gasteiger partial charge in [-0.05, 0) is 31.0 Å². The number of rotatable bonds is 2. The Hall–Kier alpha value is -2.19. The smallest absolute Gasteiger partial charge is 0.0755 e. The molecular weight excluding hydrogens is 244 g/mol. The van der Waals surface area contributed by atoms with Gasteiger partial charge in [0.1, 0.15) is 0 Å². The molecule has 0 bridgehead atoms. The number of pyridine rings is 1. The van der Waals surface area contributed by atoms with Crippen LogP contribution in [0.5, 0.6) is 0 Å². The van der Waals surface area contributed by atoms with Crippen molar-refractivity contribution in [2.75, 3.05) is 0 Å². The number of benzene rings is 2. The molecule has 1 heterocycles. The van der Waals surface area contributed by atoms with E-state index in [0.29, 0.717) is 0 Å². The summed E-state index contributed by atoms with van der Waals surface area (Å²) in [7, 11) is 0. The molecule has 0 aliphatic heterocycles. The summed E-state index contributed by atoms with van der Waals surface area (Å²) in [5.74, 6) is 0. The Kier molecular flexibility index (Phi) is 3.03. The van der Waals surface area contributed by atoms with Crippen LogP contribution >= 0.6 is 0 Å². The van der Waals surface area contributed by atoms with Crippen molar-refractivity contribution >= 4 is 10.9 Å². The number of nitrogens with two attached hydrogens (primary N) is 1. The summed E-state index contributed by atoms with van der Waals surface area (Å²) in [6, 6.07) is 18.5. The molecule has 0 aliphatic rings. The van der Waals surface area contributed by atoms with Crippen molar-refractivity contribution in [3.63, 3.8) is 0 Å². The van der Waals surface area contributed by atoms with Gasteiger partial charge in [0.15, 0.2) is 0 Å². The normalized spacial score (nSPS) is 14.2. The number of nitrogens with zero attached hydrogens (tertiary/aromatic N) is 1. The third-order valence-corrected chi connectivity index (χ3v) is 3.90. The van der Waals surface area contributed by atoms with E-state index in [2.05, 4.69) is 49.2 Å². The maximum Gasteiger partial charge on any atom is 0.0755 e. The monoisotopic (exact) mass is 262 g/mol. The molecule has 2 N–H and O–H groups in total. The lowest BCUT2D eigenvalue weighted by atomic mass is 9.82. The molecule has 20 heavy (non-hydrogen) atoms. The molecule has 0 saturated carbocycles. The molecule has 1 aromatic heterocycles. The number of aromatic nitrogens is 1. The Balaban J connectivity index is 2.27.